The minimum atomic E-state index is 0.236. The van der Waals surface area contributed by atoms with Crippen LogP contribution in [0.1, 0.15) is 19.0 Å². The van der Waals surface area contributed by atoms with E-state index in [1.54, 1.807) is 0 Å². The number of imidazole rings is 1. The van der Waals surface area contributed by atoms with Gasteiger partial charge in [0, 0.05) is 59.5 Å². The van der Waals surface area contributed by atoms with Gasteiger partial charge in [-0.2, -0.15) is 0 Å². The van der Waals surface area contributed by atoms with Crippen molar-refractivity contribution in [3.05, 3.63) is 84.7 Å². The molecule has 4 heterocycles. The van der Waals surface area contributed by atoms with Crippen LogP contribution >= 0.6 is 11.3 Å². The van der Waals surface area contributed by atoms with Gasteiger partial charge in [0.25, 0.3) is 0 Å². The quantitative estimate of drug-likeness (QED) is 0.292. The Bertz CT molecular complexity index is 1480. The third-order valence-corrected chi connectivity index (χ3v) is 8.39. The molecule has 0 N–H and O–H groups in total. The lowest BCUT2D eigenvalue weighted by atomic mass is 10.1. The van der Waals surface area contributed by atoms with E-state index >= 15 is 0 Å². The first-order valence-electron chi connectivity index (χ1n) is 12.7. The first-order valence-corrected chi connectivity index (χ1v) is 13.6. The molecule has 5 aromatic rings. The molecule has 1 saturated heterocycles. The Hall–Kier alpha value is -3.48. The average molecular weight is 495 g/mol. The third-order valence-electron chi connectivity index (χ3n) is 7.22. The Labute approximate surface area is 215 Å². The number of hydrogen-bond donors (Lipinski definition) is 0. The summed E-state index contributed by atoms with van der Waals surface area (Å²) in [5, 5.41) is 1.27. The first-order chi connectivity index (χ1) is 17.7. The maximum Gasteiger partial charge on any atom is 0.223 e. The zero-order chi connectivity index (χ0) is 24.5. The van der Waals surface area contributed by atoms with E-state index in [4.69, 9.17) is 4.98 Å². The third kappa shape index (κ3) is 4.43. The summed E-state index contributed by atoms with van der Waals surface area (Å²) in [5.41, 5.74) is 5.23. The summed E-state index contributed by atoms with van der Waals surface area (Å²) in [5.74, 6) is 0.236. The topological polar surface area (TPSA) is 40.8 Å². The molecule has 0 bridgehead atoms. The van der Waals surface area contributed by atoms with Crippen molar-refractivity contribution < 1.29 is 4.79 Å². The Morgan fingerprint density at radius 2 is 1.69 bits per heavy atom. The van der Waals surface area contributed by atoms with E-state index in [-0.39, 0.29) is 5.91 Å². The Balaban J connectivity index is 1.34. The molecular weight excluding hydrogens is 464 g/mol. The van der Waals surface area contributed by atoms with Gasteiger partial charge in [-0.1, -0.05) is 55.5 Å². The van der Waals surface area contributed by atoms with Crippen molar-refractivity contribution in [2.45, 2.75) is 19.8 Å². The molecule has 1 aliphatic heterocycles. The molecule has 1 fully saturated rings. The molecule has 0 radical (unpaired) electrons. The van der Waals surface area contributed by atoms with Gasteiger partial charge < -0.3 is 14.2 Å². The smallest absolute Gasteiger partial charge is 0.223 e. The summed E-state index contributed by atoms with van der Waals surface area (Å²) < 4.78 is 3.49. The summed E-state index contributed by atoms with van der Waals surface area (Å²) >= 11 is 1.81. The number of likely N-dealkylation sites (N-methyl/N-ethyl adjacent to an activating group) is 1. The zero-order valence-electron chi connectivity index (χ0n) is 20.6. The molecule has 182 valence electrons. The molecule has 1 amide bonds. The number of carbonyl (C=O) groups excluding carboxylic acids is 1. The van der Waals surface area contributed by atoms with Gasteiger partial charge in [-0.15, -0.1) is 11.3 Å². The Morgan fingerprint density at radius 1 is 0.917 bits per heavy atom. The van der Waals surface area contributed by atoms with Gasteiger partial charge in [0.1, 0.15) is 5.65 Å². The van der Waals surface area contributed by atoms with E-state index in [0.29, 0.717) is 12.8 Å². The van der Waals surface area contributed by atoms with Crippen molar-refractivity contribution in [2.24, 2.45) is 0 Å². The number of hydrogen-bond acceptors (Lipinski definition) is 4. The molecule has 0 unspecified atom stereocenters. The molecule has 2 aromatic carbocycles. The monoisotopic (exact) mass is 494 g/mol. The second-order valence-corrected chi connectivity index (χ2v) is 10.5. The molecular formula is C30H30N4OS. The number of fused-ring (bicyclic) bond motifs is 2. The van der Waals surface area contributed by atoms with Gasteiger partial charge in [0.15, 0.2) is 0 Å². The molecule has 0 saturated carbocycles. The number of thiophene rings is 1. The summed E-state index contributed by atoms with van der Waals surface area (Å²) in [6, 6.07) is 25.3. The highest BCUT2D eigenvalue weighted by Crippen LogP contribution is 2.34. The maximum atomic E-state index is 13.1. The van der Waals surface area contributed by atoms with Crippen LogP contribution in [0.25, 0.3) is 37.4 Å². The van der Waals surface area contributed by atoms with Crippen LogP contribution in [0.5, 0.6) is 0 Å². The van der Waals surface area contributed by atoms with Crippen molar-refractivity contribution in [2.75, 3.05) is 32.7 Å². The van der Waals surface area contributed by atoms with Crippen LogP contribution in [0.15, 0.2) is 79.0 Å². The molecule has 0 aliphatic carbocycles. The zero-order valence-corrected chi connectivity index (χ0v) is 21.4. The summed E-state index contributed by atoms with van der Waals surface area (Å²) in [6.07, 6.45) is 3.35. The number of pyridine rings is 1. The van der Waals surface area contributed by atoms with Crippen LogP contribution in [0, 0.1) is 0 Å². The van der Waals surface area contributed by atoms with Crippen molar-refractivity contribution in [3.63, 3.8) is 0 Å². The molecule has 0 spiro atoms. The summed E-state index contributed by atoms with van der Waals surface area (Å²) in [6.45, 7) is 6.80. The fourth-order valence-corrected chi connectivity index (χ4v) is 6.18. The fraction of sp³-hybridized carbons (Fsp3) is 0.267. The maximum absolute atomic E-state index is 13.1. The Kier molecular flexibility index (Phi) is 6.30. The lowest BCUT2D eigenvalue weighted by molar-refractivity contribution is -0.132. The van der Waals surface area contributed by atoms with Gasteiger partial charge in [-0.25, -0.2) is 4.98 Å². The van der Waals surface area contributed by atoms with Crippen LogP contribution in [-0.2, 0) is 11.2 Å². The molecule has 6 rings (SSSR count). The SMILES string of the molecule is CCN1CCN(C(=O)CCc2c(-c3ccccc3)nc3ccc(-c4cc5ccccc5s4)cn23)CC1. The van der Waals surface area contributed by atoms with E-state index in [1.165, 1.54) is 20.5 Å². The van der Waals surface area contributed by atoms with Gasteiger partial charge in [-0.3, -0.25) is 4.79 Å². The number of piperazine rings is 1. The van der Waals surface area contributed by atoms with Crippen molar-refractivity contribution in [1.29, 1.82) is 0 Å². The number of nitrogens with zero attached hydrogens (tertiary/aromatic N) is 4. The summed E-state index contributed by atoms with van der Waals surface area (Å²) in [7, 11) is 0. The van der Waals surface area contributed by atoms with E-state index in [1.807, 2.05) is 34.4 Å². The number of rotatable bonds is 6. The van der Waals surface area contributed by atoms with Crippen LogP contribution in [0.2, 0.25) is 0 Å². The first kappa shape index (κ1) is 23.0. The predicted molar refractivity (Wildman–Crippen MR) is 148 cm³/mol. The van der Waals surface area contributed by atoms with E-state index < -0.39 is 0 Å². The van der Waals surface area contributed by atoms with Gasteiger partial charge in [0.2, 0.25) is 5.91 Å². The highest BCUT2D eigenvalue weighted by Gasteiger charge is 2.22. The van der Waals surface area contributed by atoms with E-state index in [9.17, 15) is 4.79 Å². The summed E-state index contributed by atoms with van der Waals surface area (Å²) in [4.78, 5) is 23.8. The van der Waals surface area contributed by atoms with Crippen molar-refractivity contribution in [1.82, 2.24) is 19.2 Å². The van der Waals surface area contributed by atoms with Crippen molar-refractivity contribution in [3.8, 4) is 21.7 Å². The van der Waals surface area contributed by atoms with Crippen LogP contribution < -0.4 is 0 Å². The second kappa shape index (κ2) is 9.88. The number of aryl methyl sites for hydroxylation is 1. The molecule has 0 atom stereocenters. The minimum Gasteiger partial charge on any atom is -0.340 e. The lowest BCUT2D eigenvalue weighted by Gasteiger charge is -2.34. The van der Waals surface area contributed by atoms with Crippen LogP contribution in [0.4, 0.5) is 0 Å². The highest BCUT2D eigenvalue weighted by atomic mass is 32.1. The molecule has 3 aromatic heterocycles. The van der Waals surface area contributed by atoms with Crippen LogP contribution in [0.3, 0.4) is 0 Å². The van der Waals surface area contributed by atoms with Crippen molar-refractivity contribution >= 4 is 33.0 Å². The lowest BCUT2D eigenvalue weighted by Crippen LogP contribution is -2.48. The highest BCUT2D eigenvalue weighted by molar-refractivity contribution is 7.22. The fourth-order valence-electron chi connectivity index (χ4n) is 5.13. The second-order valence-electron chi connectivity index (χ2n) is 9.38. The number of aromatic nitrogens is 2. The number of benzene rings is 2. The van der Waals surface area contributed by atoms with Crippen LogP contribution in [-0.4, -0.2) is 57.8 Å². The largest absolute Gasteiger partial charge is 0.340 e. The number of carbonyl (C=O) groups is 1. The number of amides is 1. The molecule has 6 heteroatoms. The standard InChI is InChI=1S/C30H30N4OS/c1-2-32-16-18-33(19-17-32)29(35)15-13-25-30(22-8-4-3-5-9-22)31-28-14-12-24(21-34(25)28)27-20-23-10-6-7-11-26(23)36-27/h3-12,14,20-21H,2,13,15-19H2,1H3. The minimum absolute atomic E-state index is 0.236. The molecule has 1 aliphatic rings. The molecule has 36 heavy (non-hydrogen) atoms. The van der Waals surface area contributed by atoms with Gasteiger partial charge >= 0.3 is 0 Å². The van der Waals surface area contributed by atoms with Gasteiger partial charge in [0.05, 0.1) is 11.4 Å². The van der Waals surface area contributed by atoms with Gasteiger partial charge in [-0.05, 0) is 42.6 Å². The molecule has 5 nitrogen and oxygen atoms in total. The Morgan fingerprint density at radius 3 is 2.47 bits per heavy atom. The average Bonchev–Trinajstić information content (AvgIpc) is 3.53. The predicted octanol–water partition coefficient (Wildman–Crippen LogP) is 5.98. The van der Waals surface area contributed by atoms with E-state index in [2.05, 4.69) is 77.0 Å². The normalized spacial score (nSPS) is 14.6. The van der Waals surface area contributed by atoms with E-state index in [0.717, 1.165) is 55.3 Å².